The third-order valence-electron chi connectivity index (χ3n) is 3.45. The van der Waals surface area contributed by atoms with Crippen LogP contribution in [0.15, 0.2) is 0 Å². The standard InChI is InChI=1S/C12H21NO/c1-9-5-4-6-10(7-9)11(14)12(2,3)8-13/h9-11,14H,4-7H2,1-3H3. The molecule has 0 spiro atoms. The van der Waals surface area contributed by atoms with Gasteiger partial charge in [0.2, 0.25) is 0 Å². The van der Waals surface area contributed by atoms with E-state index in [1.165, 1.54) is 12.8 Å². The van der Waals surface area contributed by atoms with Crippen LogP contribution in [0.4, 0.5) is 0 Å². The maximum absolute atomic E-state index is 10.1. The van der Waals surface area contributed by atoms with E-state index in [1.54, 1.807) is 0 Å². The van der Waals surface area contributed by atoms with Crippen LogP contribution in [0.1, 0.15) is 46.5 Å². The second kappa shape index (κ2) is 4.31. The number of rotatable bonds is 2. The van der Waals surface area contributed by atoms with Crippen LogP contribution in [-0.2, 0) is 0 Å². The molecule has 14 heavy (non-hydrogen) atoms. The second-order valence-electron chi connectivity index (χ2n) is 5.31. The predicted molar refractivity (Wildman–Crippen MR) is 56.5 cm³/mol. The Morgan fingerprint density at radius 2 is 2.07 bits per heavy atom. The lowest BCUT2D eigenvalue weighted by molar-refractivity contribution is 0.00781. The van der Waals surface area contributed by atoms with E-state index >= 15 is 0 Å². The summed E-state index contributed by atoms with van der Waals surface area (Å²) in [6, 6.07) is 2.20. The first-order valence-electron chi connectivity index (χ1n) is 5.56. The fraction of sp³-hybridized carbons (Fsp3) is 0.917. The Balaban J connectivity index is 2.60. The van der Waals surface area contributed by atoms with Crippen molar-refractivity contribution < 1.29 is 5.11 Å². The van der Waals surface area contributed by atoms with Crippen LogP contribution in [0.5, 0.6) is 0 Å². The molecule has 0 radical (unpaired) electrons. The summed E-state index contributed by atoms with van der Waals surface area (Å²) >= 11 is 0. The number of hydrogen-bond acceptors (Lipinski definition) is 2. The smallest absolute Gasteiger partial charge is 0.0779 e. The summed E-state index contributed by atoms with van der Waals surface area (Å²) in [6.07, 6.45) is 4.17. The van der Waals surface area contributed by atoms with E-state index in [2.05, 4.69) is 13.0 Å². The van der Waals surface area contributed by atoms with Gasteiger partial charge in [0.1, 0.15) is 0 Å². The Bertz CT molecular complexity index is 229. The van der Waals surface area contributed by atoms with Crippen LogP contribution >= 0.6 is 0 Å². The maximum atomic E-state index is 10.1. The van der Waals surface area contributed by atoms with Crippen LogP contribution in [0.2, 0.25) is 0 Å². The molecule has 0 saturated heterocycles. The van der Waals surface area contributed by atoms with Gasteiger partial charge in [-0.15, -0.1) is 0 Å². The highest BCUT2D eigenvalue weighted by Crippen LogP contribution is 2.36. The summed E-state index contributed by atoms with van der Waals surface area (Å²) in [5.74, 6) is 1.03. The van der Waals surface area contributed by atoms with Crippen LogP contribution in [0, 0.1) is 28.6 Å². The van der Waals surface area contributed by atoms with Crippen molar-refractivity contribution in [3.63, 3.8) is 0 Å². The third-order valence-corrected chi connectivity index (χ3v) is 3.45. The number of aliphatic hydroxyl groups is 1. The Hall–Kier alpha value is -0.550. The fourth-order valence-electron chi connectivity index (χ4n) is 2.42. The summed E-state index contributed by atoms with van der Waals surface area (Å²) in [5.41, 5.74) is -0.596. The highest BCUT2D eigenvalue weighted by molar-refractivity contribution is 5.00. The Morgan fingerprint density at radius 3 is 2.57 bits per heavy atom. The van der Waals surface area contributed by atoms with Gasteiger partial charge in [-0.3, -0.25) is 0 Å². The van der Waals surface area contributed by atoms with Gasteiger partial charge >= 0.3 is 0 Å². The molecular weight excluding hydrogens is 174 g/mol. The summed E-state index contributed by atoms with van der Waals surface area (Å²) in [7, 11) is 0. The first-order chi connectivity index (χ1) is 6.47. The fourth-order valence-corrected chi connectivity index (χ4v) is 2.42. The average Bonchev–Trinajstić information content (AvgIpc) is 2.16. The van der Waals surface area contributed by atoms with Crippen LogP contribution in [0.25, 0.3) is 0 Å². The normalized spacial score (nSPS) is 30.8. The van der Waals surface area contributed by atoms with Crippen molar-refractivity contribution in [1.29, 1.82) is 5.26 Å². The van der Waals surface area contributed by atoms with E-state index in [0.717, 1.165) is 12.8 Å². The molecule has 3 unspecified atom stereocenters. The molecule has 0 aromatic heterocycles. The van der Waals surface area contributed by atoms with Gasteiger partial charge in [0.15, 0.2) is 0 Å². The number of hydrogen-bond donors (Lipinski definition) is 1. The van der Waals surface area contributed by atoms with Gasteiger partial charge in [0.05, 0.1) is 17.6 Å². The van der Waals surface area contributed by atoms with E-state index in [1.807, 2.05) is 13.8 Å². The van der Waals surface area contributed by atoms with Crippen molar-refractivity contribution in [2.75, 3.05) is 0 Å². The van der Waals surface area contributed by atoms with Crippen molar-refractivity contribution in [2.45, 2.75) is 52.6 Å². The molecule has 1 aliphatic carbocycles. The molecule has 1 fully saturated rings. The van der Waals surface area contributed by atoms with Gasteiger partial charge in [0, 0.05) is 0 Å². The van der Waals surface area contributed by atoms with Gasteiger partial charge < -0.3 is 5.11 Å². The summed E-state index contributed by atoms with van der Waals surface area (Å²) in [6.45, 7) is 5.89. The zero-order valence-electron chi connectivity index (χ0n) is 9.45. The van der Waals surface area contributed by atoms with Crippen molar-refractivity contribution in [3.05, 3.63) is 0 Å². The molecule has 1 saturated carbocycles. The maximum Gasteiger partial charge on any atom is 0.0779 e. The molecule has 80 valence electrons. The first kappa shape index (κ1) is 11.5. The molecule has 3 atom stereocenters. The van der Waals surface area contributed by atoms with E-state index in [0.29, 0.717) is 11.8 Å². The molecule has 1 rings (SSSR count). The summed E-state index contributed by atoms with van der Waals surface area (Å²) in [5, 5.41) is 19.0. The van der Waals surface area contributed by atoms with E-state index in [9.17, 15) is 5.11 Å². The second-order valence-corrected chi connectivity index (χ2v) is 5.31. The monoisotopic (exact) mass is 195 g/mol. The van der Waals surface area contributed by atoms with Crippen molar-refractivity contribution in [3.8, 4) is 6.07 Å². The van der Waals surface area contributed by atoms with Gasteiger partial charge in [-0.1, -0.05) is 19.8 Å². The van der Waals surface area contributed by atoms with Gasteiger partial charge in [-0.05, 0) is 38.5 Å². The minimum absolute atomic E-state index is 0.327. The molecule has 0 aromatic carbocycles. The lowest BCUT2D eigenvalue weighted by Gasteiger charge is -2.35. The van der Waals surface area contributed by atoms with Crippen molar-refractivity contribution in [2.24, 2.45) is 17.3 Å². The topological polar surface area (TPSA) is 44.0 Å². The molecule has 0 amide bonds. The van der Waals surface area contributed by atoms with Gasteiger partial charge in [0.25, 0.3) is 0 Å². The van der Waals surface area contributed by atoms with E-state index in [4.69, 9.17) is 5.26 Å². The van der Waals surface area contributed by atoms with E-state index < -0.39 is 11.5 Å². The molecule has 0 bridgehead atoms. The Labute approximate surface area is 86.9 Å². The quantitative estimate of drug-likeness (QED) is 0.736. The highest BCUT2D eigenvalue weighted by atomic mass is 16.3. The molecule has 1 N–H and O–H groups in total. The van der Waals surface area contributed by atoms with Gasteiger partial charge in [-0.2, -0.15) is 5.26 Å². The summed E-state index contributed by atoms with van der Waals surface area (Å²) < 4.78 is 0. The van der Waals surface area contributed by atoms with Crippen molar-refractivity contribution in [1.82, 2.24) is 0 Å². The zero-order chi connectivity index (χ0) is 10.8. The highest BCUT2D eigenvalue weighted by Gasteiger charge is 2.36. The largest absolute Gasteiger partial charge is 0.391 e. The van der Waals surface area contributed by atoms with Crippen LogP contribution in [-0.4, -0.2) is 11.2 Å². The van der Waals surface area contributed by atoms with E-state index in [-0.39, 0.29) is 0 Å². The summed E-state index contributed by atoms with van der Waals surface area (Å²) in [4.78, 5) is 0. The minimum atomic E-state index is -0.596. The molecule has 0 heterocycles. The lowest BCUT2D eigenvalue weighted by atomic mass is 9.72. The molecule has 1 aliphatic rings. The van der Waals surface area contributed by atoms with Crippen molar-refractivity contribution >= 4 is 0 Å². The zero-order valence-corrected chi connectivity index (χ0v) is 9.45. The lowest BCUT2D eigenvalue weighted by Crippen LogP contribution is -2.37. The molecule has 2 heteroatoms. The molecule has 0 aromatic rings. The number of nitrogens with zero attached hydrogens (tertiary/aromatic N) is 1. The Kier molecular flexibility index (Phi) is 3.55. The van der Waals surface area contributed by atoms with Crippen LogP contribution < -0.4 is 0 Å². The predicted octanol–water partition coefficient (Wildman–Crippen LogP) is 2.72. The van der Waals surface area contributed by atoms with Crippen LogP contribution in [0.3, 0.4) is 0 Å². The first-order valence-corrected chi connectivity index (χ1v) is 5.56. The number of aliphatic hydroxyl groups excluding tert-OH is 1. The molecule has 2 nitrogen and oxygen atoms in total. The average molecular weight is 195 g/mol. The Morgan fingerprint density at radius 1 is 1.43 bits per heavy atom. The molecule has 0 aliphatic heterocycles. The minimum Gasteiger partial charge on any atom is -0.391 e. The number of nitriles is 1. The SMILES string of the molecule is CC1CCCC(C(O)C(C)(C)C#N)C1. The van der Waals surface area contributed by atoms with Gasteiger partial charge in [-0.25, -0.2) is 0 Å². The third kappa shape index (κ3) is 2.48. The molecular formula is C12H21NO.